The van der Waals surface area contributed by atoms with Crippen LogP contribution in [0.4, 0.5) is 0 Å². The maximum Gasteiger partial charge on any atom is 0.164 e. The highest BCUT2D eigenvalue weighted by atomic mass is 16.4. The normalized spacial score (nSPS) is 12.0. The smallest absolute Gasteiger partial charge is 0.164 e. The Morgan fingerprint density at radius 1 is 0.132 bits per heavy atom. The molecule has 0 N–H and O–H groups in total. The van der Waals surface area contributed by atoms with Gasteiger partial charge in [0.15, 0.2) is 34.9 Å². The molecule has 12 heteroatoms. The van der Waals surface area contributed by atoms with Gasteiger partial charge in [-0.25, -0.2) is 29.9 Å². The molecular formula is C102H56N6O6. The average molecular weight is 1460 g/mol. The van der Waals surface area contributed by atoms with Gasteiger partial charge in [0.25, 0.3) is 0 Å². The molecule has 0 unspecified atom stereocenters. The van der Waals surface area contributed by atoms with Crippen molar-refractivity contribution in [2.45, 2.75) is 0 Å². The van der Waals surface area contributed by atoms with Crippen LogP contribution < -0.4 is 0 Å². The van der Waals surface area contributed by atoms with Crippen LogP contribution in [0.2, 0.25) is 0 Å². The number of hydrogen-bond acceptors (Lipinski definition) is 12. The predicted molar refractivity (Wildman–Crippen MR) is 457 cm³/mol. The molecule has 8 aromatic heterocycles. The first-order chi connectivity index (χ1) is 56.4. The molecule has 0 radical (unpaired) electrons. The van der Waals surface area contributed by atoms with Gasteiger partial charge in [0, 0.05) is 120 Å². The molecule has 0 amide bonds. The largest absolute Gasteiger partial charge is 0.456 e. The van der Waals surface area contributed by atoms with E-state index in [9.17, 15) is 0 Å². The van der Waals surface area contributed by atoms with Crippen LogP contribution in [-0.2, 0) is 0 Å². The Labute approximate surface area is 647 Å². The van der Waals surface area contributed by atoms with Crippen molar-refractivity contribution in [1.29, 1.82) is 0 Å². The summed E-state index contributed by atoms with van der Waals surface area (Å²) >= 11 is 0. The van der Waals surface area contributed by atoms with E-state index >= 15 is 0 Å². The molecule has 8 heterocycles. The van der Waals surface area contributed by atoms with Crippen molar-refractivity contribution in [2.75, 3.05) is 0 Å². The first-order valence-electron chi connectivity index (χ1n) is 37.9. The van der Waals surface area contributed by atoms with E-state index in [1.54, 1.807) is 0 Å². The van der Waals surface area contributed by atoms with Crippen LogP contribution in [0.1, 0.15) is 0 Å². The van der Waals surface area contributed by atoms with Crippen molar-refractivity contribution in [3.8, 4) is 124 Å². The van der Waals surface area contributed by atoms with Crippen LogP contribution in [0, 0.1) is 0 Å². The van der Waals surface area contributed by atoms with Crippen molar-refractivity contribution in [1.82, 2.24) is 29.9 Å². The van der Waals surface area contributed by atoms with Crippen molar-refractivity contribution >= 4 is 132 Å². The Balaban J connectivity index is 0.658. The maximum atomic E-state index is 7.24. The van der Waals surface area contributed by atoms with Gasteiger partial charge in [-0.05, 0) is 149 Å². The van der Waals surface area contributed by atoms with E-state index in [2.05, 4.69) is 170 Å². The molecule has 24 rings (SSSR count). The van der Waals surface area contributed by atoms with E-state index in [0.717, 1.165) is 204 Å². The molecule has 24 aromatic rings. The lowest BCUT2D eigenvalue weighted by molar-refractivity contribution is 0.665. The summed E-state index contributed by atoms with van der Waals surface area (Å²) in [6.45, 7) is 0. The first-order valence-corrected chi connectivity index (χ1v) is 37.9. The molecule has 16 aromatic carbocycles. The van der Waals surface area contributed by atoms with Crippen molar-refractivity contribution in [2.24, 2.45) is 0 Å². The topological polar surface area (TPSA) is 156 Å². The lowest BCUT2D eigenvalue weighted by Crippen LogP contribution is -2.00. The highest BCUT2D eigenvalue weighted by Gasteiger charge is 2.26. The van der Waals surface area contributed by atoms with E-state index < -0.39 is 0 Å². The summed E-state index contributed by atoms with van der Waals surface area (Å²) in [5.74, 6) is 3.38. The number of furan rings is 6. The third kappa shape index (κ3) is 10.2. The molecule has 530 valence electrons. The Bertz CT molecular complexity index is 8000. The summed E-state index contributed by atoms with van der Waals surface area (Å²) in [7, 11) is 0. The standard InChI is InChI=1S/C102H56N6O6/c1-5-20-57(21-6-1)97-103-98(58-22-7-2-8-23-58)106-101(105-97)64-38-43-74-82-50-67(62-36-41-72-69-28-13-16-33-85(69)109-89(72)53-62)47-78(94(82)113-91(74)55-64)63-37-42-73-80-46-61(40-45-88(80)110-90(73)54-63)66-48-79(95-81(49-66)71-30-15-18-35-87(71)112-95)68-51-83-75-44-39-65(102-107-99(59-24-9-3-10-25-59)104-100(108-102)60-26-11-4-12-27-60)56-92(75)114-96(83)84(52-68)77-32-19-31-76-70-29-14-17-34-86(70)111-93(76)77/h1-56H. The lowest BCUT2D eigenvalue weighted by atomic mass is 9.91. The third-order valence-corrected chi connectivity index (χ3v) is 22.4. The molecule has 0 saturated heterocycles. The molecule has 0 aliphatic rings. The van der Waals surface area contributed by atoms with Crippen LogP contribution in [0.5, 0.6) is 0 Å². The van der Waals surface area contributed by atoms with Crippen molar-refractivity contribution < 1.29 is 26.5 Å². The number of hydrogen-bond donors (Lipinski definition) is 0. The summed E-state index contributed by atoms with van der Waals surface area (Å²) in [5.41, 5.74) is 23.6. The molecular weight excluding hydrogens is 1410 g/mol. The maximum absolute atomic E-state index is 7.24. The van der Waals surface area contributed by atoms with Gasteiger partial charge in [-0.2, -0.15) is 0 Å². The van der Waals surface area contributed by atoms with E-state index in [0.29, 0.717) is 51.7 Å². The van der Waals surface area contributed by atoms with Crippen LogP contribution in [-0.4, -0.2) is 29.9 Å². The Kier molecular flexibility index (Phi) is 13.8. The molecule has 12 nitrogen and oxygen atoms in total. The lowest BCUT2D eigenvalue weighted by Gasteiger charge is -2.11. The highest BCUT2D eigenvalue weighted by molar-refractivity contribution is 6.20. The second-order valence-corrected chi connectivity index (χ2v) is 29.1. The van der Waals surface area contributed by atoms with Crippen LogP contribution >= 0.6 is 0 Å². The van der Waals surface area contributed by atoms with Crippen LogP contribution in [0.3, 0.4) is 0 Å². The number of benzene rings is 16. The van der Waals surface area contributed by atoms with Gasteiger partial charge >= 0.3 is 0 Å². The Morgan fingerprint density at radius 2 is 0.421 bits per heavy atom. The first kappa shape index (κ1) is 63.3. The molecule has 0 atom stereocenters. The Hall–Kier alpha value is -15.7. The minimum Gasteiger partial charge on any atom is -0.456 e. The van der Waals surface area contributed by atoms with Gasteiger partial charge in [-0.1, -0.05) is 224 Å². The number of fused-ring (bicyclic) bond motifs is 18. The van der Waals surface area contributed by atoms with E-state index in [-0.39, 0.29) is 0 Å². The summed E-state index contributed by atoms with van der Waals surface area (Å²) in [4.78, 5) is 30.4. The quantitative estimate of drug-likeness (QED) is 0.121. The highest BCUT2D eigenvalue weighted by Crippen LogP contribution is 2.49. The molecule has 114 heavy (non-hydrogen) atoms. The summed E-state index contributed by atoms with van der Waals surface area (Å²) in [5, 5.41) is 11.9. The second kappa shape index (κ2) is 24.9. The van der Waals surface area contributed by atoms with Gasteiger partial charge in [0.05, 0.1) is 0 Å². The average Bonchev–Trinajstić information content (AvgIpc) is 1.55. The molecule has 0 saturated carbocycles. The van der Waals surface area contributed by atoms with E-state index in [1.807, 2.05) is 170 Å². The molecule has 0 fully saturated rings. The fourth-order valence-corrected chi connectivity index (χ4v) is 16.8. The minimum atomic E-state index is 0.527. The predicted octanol–water partition coefficient (Wildman–Crippen LogP) is 27.8. The monoisotopic (exact) mass is 1460 g/mol. The summed E-state index contributed by atoms with van der Waals surface area (Å²) in [6.07, 6.45) is 0. The minimum absolute atomic E-state index is 0.527. The van der Waals surface area contributed by atoms with Crippen molar-refractivity contribution in [3.63, 3.8) is 0 Å². The zero-order valence-corrected chi connectivity index (χ0v) is 60.5. The van der Waals surface area contributed by atoms with Gasteiger partial charge in [0.1, 0.15) is 67.0 Å². The third-order valence-electron chi connectivity index (χ3n) is 22.4. The number of aromatic nitrogens is 6. The van der Waals surface area contributed by atoms with Crippen LogP contribution in [0.25, 0.3) is 256 Å². The van der Waals surface area contributed by atoms with Gasteiger partial charge in [0.2, 0.25) is 0 Å². The van der Waals surface area contributed by atoms with Crippen molar-refractivity contribution in [3.05, 3.63) is 340 Å². The SMILES string of the molecule is c1ccc(-c2nc(-c3ccccc3)nc(-c3ccc4c(c3)oc3c(-c5ccc6c(c5)oc5ccc(-c7cc(-c8cc(-c9cccc%10c9oc9ccccc9%10)c9oc%10cc(-c%11nc(-c%12ccccc%12)nc(-c%12ccccc%12)n%11)ccc%10c9c8)c8oc9ccccc9c8c7)cc56)cc(-c5ccc6c(c5)oc5ccccc56)cc34)n2)cc1. The molecule has 0 aliphatic heterocycles. The van der Waals surface area contributed by atoms with Gasteiger partial charge in [-0.3, -0.25) is 0 Å². The molecule has 0 bridgehead atoms. The second-order valence-electron chi connectivity index (χ2n) is 29.1. The summed E-state index contributed by atoms with van der Waals surface area (Å²) < 4.78 is 41.8. The fraction of sp³-hybridized carbons (Fsp3) is 0. The van der Waals surface area contributed by atoms with Gasteiger partial charge in [-0.15, -0.1) is 0 Å². The number of nitrogens with zero attached hydrogens (tertiary/aromatic N) is 6. The van der Waals surface area contributed by atoms with E-state index in [4.69, 9.17) is 56.4 Å². The van der Waals surface area contributed by atoms with Gasteiger partial charge < -0.3 is 26.5 Å². The zero-order chi connectivity index (χ0) is 74.6. The van der Waals surface area contributed by atoms with E-state index in [1.165, 1.54) is 0 Å². The fourth-order valence-electron chi connectivity index (χ4n) is 16.8. The molecule has 0 aliphatic carbocycles. The van der Waals surface area contributed by atoms with Crippen LogP contribution in [0.15, 0.2) is 366 Å². The zero-order valence-electron chi connectivity index (χ0n) is 60.5. The Morgan fingerprint density at radius 3 is 0.930 bits per heavy atom. The number of para-hydroxylation sites is 4. The molecule has 0 spiro atoms. The number of rotatable bonds is 11. The summed E-state index contributed by atoms with van der Waals surface area (Å²) in [6, 6.07) is 117.